The Morgan fingerprint density at radius 1 is 1.29 bits per heavy atom. The Morgan fingerprint density at radius 2 is 2.08 bits per heavy atom. The maximum absolute atomic E-state index is 12.6. The minimum Gasteiger partial charge on any atom is -0.381 e. The number of pyridine rings is 1. The van der Waals surface area contributed by atoms with Gasteiger partial charge in [0.25, 0.3) is 5.56 Å². The highest BCUT2D eigenvalue weighted by atomic mass is 16.5. The maximum atomic E-state index is 12.6. The average molecular weight is 333 g/mol. The second-order valence-electron chi connectivity index (χ2n) is 6.98. The molecule has 0 N–H and O–H groups in total. The van der Waals surface area contributed by atoms with E-state index in [9.17, 15) is 9.59 Å². The van der Waals surface area contributed by atoms with Crippen molar-refractivity contribution < 1.29 is 9.53 Å². The molecule has 6 nitrogen and oxygen atoms in total. The second-order valence-corrected chi connectivity index (χ2v) is 6.98. The van der Waals surface area contributed by atoms with E-state index in [-0.39, 0.29) is 17.4 Å². The number of aromatic nitrogens is 1. The number of rotatable bonds is 4. The summed E-state index contributed by atoms with van der Waals surface area (Å²) in [4.78, 5) is 29.0. The molecule has 0 saturated carbocycles. The van der Waals surface area contributed by atoms with E-state index in [2.05, 4.69) is 4.90 Å². The van der Waals surface area contributed by atoms with Crippen molar-refractivity contribution in [2.45, 2.75) is 25.8 Å². The van der Waals surface area contributed by atoms with Crippen LogP contribution in [0.5, 0.6) is 0 Å². The van der Waals surface area contributed by atoms with Gasteiger partial charge in [0.1, 0.15) is 0 Å². The molecule has 132 valence electrons. The van der Waals surface area contributed by atoms with Crippen molar-refractivity contribution in [3.63, 3.8) is 0 Å². The van der Waals surface area contributed by atoms with Gasteiger partial charge in [-0.05, 0) is 32.5 Å². The van der Waals surface area contributed by atoms with Gasteiger partial charge in [0, 0.05) is 51.0 Å². The number of hydrogen-bond acceptors (Lipinski definition) is 4. The van der Waals surface area contributed by atoms with Gasteiger partial charge in [-0.25, -0.2) is 0 Å². The molecule has 6 heteroatoms. The Bertz CT molecular complexity index is 647. The minimum absolute atomic E-state index is 0.0159. The summed E-state index contributed by atoms with van der Waals surface area (Å²) in [5.74, 6) is 0.227. The fraction of sp³-hybridized carbons (Fsp3) is 0.667. The van der Waals surface area contributed by atoms with E-state index < -0.39 is 0 Å². The number of carbonyl (C=O) groups is 1. The molecule has 0 bridgehead atoms. The van der Waals surface area contributed by atoms with Crippen LogP contribution in [0.4, 0.5) is 0 Å². The predicted molar refractivity (Wildman–Crippen MR) is 92.2 cm³/mol. The smallest absolute Gasteiger partial charge is 0.250 e. The van der Waals surface area contributed by atoms with Crippen LogP contribution in [0.15, 0.2) is 16.9 Å². The molecule has 3 heterocycles. The highest BCUT2D eigenvalue weighted by molar-refractivity contribution is 5.79. The van der Waals surface area contributed by atoms with Gasteiger partial charge < -0.3 is 19.1 Å². The van der Waals surface area contributed by atoms with Crippen molar-refractivity contribution in [1.29, 1.82) is 0 Å². The largest absolute Gasteiger partial charge is 0.381 e. The van der Waals surface area contributed by atoms with Crippen LogP contribution in [0, 0.1) is 5.92 Å². The van der Waals surface area contributed by atoms with E-state index in [1.54, 1.807) is 6.07 Å². The van der Waals surface area contributed by atoms with Crippen molar-refractivity contribution >= 4 is 5.91 Å². The predicted octanol–water partition coefficient (Wildman–Crippen LogP) is 0.374. The SMILES string of the molecule is CN(C)CCn1c2c(ccc1=O)CCN(C(=O)C1CCOC1)CC2. The first-order valence-electron chi connectivity index (χ1n) is 8.79. The summed E-state index contributed by atoms with van der Waals surface area (Å²) >= 11 is 0. The Kier molecular flexibility index (Phi) is 5.36. The molecule has 1 amide bonds. The topological polar surface area (TPSA) is 54.8 Å². The minimum atomic E-state index is 0.0159. The molecule has 1 aromatic rings. The molecule has 0 radical (unpaired) electrons. The van der Waals surface area contributed by atoms with Crippen LogP contribution in [0.1, 0.15) is 17.7 Å². The summed E-state index contributed by atoms with van der Waals surface area (Å²) in [5, 5.41) is 0. The highest BCUT2D eigenvalue weighted by Crippen LogP contribution is 2.20. The van der Waals surface area contributed by atoms with Crippen LogP contribution in [-0.2, 0) is 28.9 Å². The molecule has 1 unspecified atom stereocenters. The molecule has 1 saturated heterocycles. The number of ether oxygens (including phenoxy) is 1. The summed E-state index contributed by atoms with van der Waals surface area (Å²) in [6.45, 7) is 4.18. The lowest BCUT2D eigenvalue weighted by molar-refractivity contribution is -0.135. The number of amides is 1. The molecule has 1 fully saturated rings. The van der Waals surface area contributed by atoms with E-state index in [1.165, 1.54) is 5.56 Å². The van der Waals surface area contributed by atoms with Gasteiger partial charge >= 0.3 is 0 Å². The van der Waals surface area contributed by atoms with Crippen LogP contribution in [0.2, 0.25) is 0 Å². The van der Waals surface area contributed by atoms with Gasteiger partial charge in [-0.1, -0.05) is 6.07 Å². The fourth-order valence-electron chi connectivity index (χ4n) is 3.55. The number of carbonyl (C=O) groups excluding carboxylic acids is 1. The molecular formula is C18H27N3O3. The zero-order valence-corrected chi connectivity index (χ0v) is 14.7. The van der Waals surface area contributed by atoms with Gasteiger partial charge in [-0.3, -0.25) is 9.59 Å². The van der Waals surface area contributed by atoms with Crippen LogP contribution < -0.4 is 5.56 Å². The fourth-order valence-corrected chi connectivity index (χ4v) is 3.55. The molecule has 24 heavy (non-hydrogen) atoms. The molecule has 2 aliphatic heterocycles. The Labute approximate surface area is 143 Å². The summed E-state index contributed by atoms with van der Waals surface area (Å²) in [7, 11) is 4.02. The molecule has 2 aliphatic rings. The summed E-state index contributed by atoms with van der Waals surface area (Å²) in [5.41, 5.74) is 2.35. The van der Waals surface area contributed by atoms with Gasteiger partial charge in [-0.2, -0.15) is 0 Å². The molecule has 1 aromatic heterocycles. The zero-order valence-electron chi connectivity index (χ0n) is 14.7. The lowest BCUT2D eigenvalue weighted by Crippen LogP contribution is -2.38. The van der Waals surface area contributed by atoms with E-state index in [0.717, 1.165) is 38.0 Å². The Morgan fingerprint density at radius 3 is 2.79 bits per heavy atom. The van der Waals surface area contributed by atoms with Crippen LogP contribution in [0.25, 0.3) is 0 Å². The zero-order chi connectivity index (χ0) is 17.1. The van der Waals surface area contributed by atoms with Gasteiger partial charge in [-0.15, -0.1) is 0 Å². The van der Waals surface area contributed by atoms with Crippen molar-refractivity contribution in [3.05, 3.63) is 33.7 Å². The Hall–Kier alpha value is -1.66. The first kappa shape index (κ1) is 17.2. The quantitative estimate of drug-likeness (QED) is 0.799. The third-order valence-electron chi connectivity index (χ3n) is 5.02. The number of hydrogen-bond donors (Lipinski definition) is 0. The van der Waals surface area contributed by atoms with Crippen molar-refractivity contribution in [3.8, 4) is 0 Å². The molecule has 1 atom stereocenters. The maximum Gasteiger partial charge on any atom is 0.250 e. The Balaban J connectivity index is 1.76. The standard InChI is InChI=1S/C18H27N3O3/c1-19(2)10-11-21-16-6-9-20(18(23)15-7-12-24-13-15)8-5-14(16)3-4-17(21)22/h3-4,15H,5-13H2,1-2H3. The number of likely N-dealkylation sites (N-methyl/N-ethyl adjacent to an activating group) is 1. The van der Waals surface area contributed by atoms with Crippen LogP contribution >= 0.6 is 0 Å². The van der Waals surface area contributed by atoms with Crippen molar-refractivity contribution in [1.82, 2.24) is 14.4 Å². The van der Waals surface area contributed by atoms with Gasteiger partial charge in [0.2, 0.25) is 5.91 Å². The van der Waals surface area contributed by atoms with Crippen LogP contribution in [-0.4, -0.2) is 67.2 Å². The third-order valence-corrected chi connectivity index (χ3v) is 5.02. The van der Waals surface area contributed by atoms with Crippen LogP contribution in [0.3, 0.4) is 0 Å². The molecular weight excluding hydrogens is 306 g/mol. The van der Waals surface area contributed by atoms with E-state index in [4.69, 9.17) is 4.74 Å². The normalized spacial score (nSPS) is 21.0. The third kappa shape index (κ3) is 3.70. The highest BCUT2D eigenvalue weighted by Gasteiger charge is 2.29. The second kappa shape index (κ2) is 7.49. The lowest BCUT2D eigenvalue weighted by Gasteiger charge is -2.23. The lowest BCUT2D eigenvalue weighted by atomic mass is 10.1. The summed E-state index contributed by atoms with van der Waals surface area (Å²) < 4.78 is 7.24. The summed E-state index contributed by atoms with van der Waals surface area (Å²) in [6, 6.07) is 3.60. The van der Waals surface area contributed by atoms with E-state index >= 15 is 0 Å². The number of fused-ring (bicyclic) bond motifs is 1. The summed E-state index contributed by atoms with van der Waals surface area (Å²) in [6.07, 6.45) is 2.39. The molecule has 3 rings (SSSR count). The van der Waals surface area contributed by atoms with E-state index in [0.29, 0.717) is 26.3 Å². The van der Waals surface area contributed by atoms with Crippen molar-refractivity contribution in [2.75, 3.05) is 46.9 Å². The first-order valence-corrected chi connectivity index (χ1v) is 8.79. The monoisotopic (exact) mass is 333 g/mol. The van der Waals surface area contributed by atoms with E-state index in [1.807, 2.05) is 29.6 Å². The first-order chi connectivity index (χ1) is 11.6. The average Bonchev–Trinajstić information content (AvgIpc) is 3.00. The molecule has 0 aliphatic carbocycles. The molecule has 0 aromatic carbocycles. The van der Waals surface area contributed by atoms with Gasteiger partial charge in [0.05, 0.1) is 12.5 Å². The number of nitrogens with zero attached hydrogens (tertiary/aromatic N) is 3. The van der Waals surface area contributed by atoms with Crippen molar-refractivity contribution in [2.24, 2.45) is 5.92 Å². The van der Waals surface area contributed by atoms with Gasteiger partial charge in [0.15, 0.2) is 0 Å². The molecule has 0 spiro atoms.